The van der Waals surface area contributed by atoms with Crippen LogP contribution in [0.4, 0.5) is 5.69 Å². The van der Waals surface area contributed by atoms with Gasteiger partial charge in [0.2, 0.25) is 5.91 Å². The first kappa shape index (κ1) is 14.2. The minimum absolute atomic E-state index is 0.0409. The van der Waals surface area contributed by atoms with Gasteiger partial charge in [0.1, 0.15) is 0 Å². The van der Waals surface area contributed by atoms with Crippen molar-refractivity contribution in [3.05, 3.63) is 28.8 Å². The quantitative estimate of drug-likeness (QED) is 0.833. The first-order valence-electron chi connectivity index (χ1n) is 6.54. The molecule has 1 aliphatic rings. The van der Waals surface area contributed by atoms with Gasteiger partial charge in [0.15, 0.2) is 0 Å². The van der Waals surface area contributed by atoms with E-state index in [1.54, 1.807) is 0 Å². The number of anilines is 1. The lowest BCUT2D eigenvalue weighted by atomic mass is 9.92. The summed E-state index contributed by atoms with van der Waals surface area (Å²) in [5.74, 6) is -0.242. The van der Waals surface area contributed by atoms with Crippen molar-refractivity contribution in [3.8, 4) is 0 Å². The molecule has 2 atom stereocenters. The predicted octanol–water partition coefficient (Wildman–Crippen LogP) is 2.01. The summed E-state index contributed by atoms with van der Waals surface area (Å²) in [6.07, 6.45) is 1.88. The number of amides is 1. The van der Waals surface area contributed by atoms with Crippen LogP contribution in [-0.4, -0.2) is 23.4 Å². The Kier molecular flexibility index (Phi) is 4.32. The van der Waals surface area contributed by atoms with Gasteiger partial charge in [-0.15, -0.1) is 0 Å². The molecule has 0 spiro atoms. The molecule has 2 unspecified atom stereocenters. The molecule has 1 aliphatic heterocycles. The number of hydrogen-bond donors (Lipinski definition) is 2. The van der Waals surface area contributed by atoms with Crippen LogP contribution in [0.25, 0.3) is 0 Å². The molecule has 0 aliphatic carbocycles. The van der Waals surface area contributed by atoms with Gasteiger partial charge in [-0.1, -0.05) is 17.7 Å². The monoisotopic (exact) mass is 281 g/mol. The van der Waals surface area contributed by atoms with E-state index in [-0.39, 0.29) is 11.8 Å². The molecular weight excluding hydrogens is 262 g/mol. The summed E-state index contributed by atoms with van der Waals surface area (Å²) in [6, 6.07) is 6.13. The Balaban J connectivity index is 2.07. The van der Waals surface area contributed by atoms with Gasteiger partial charge in [0.05, 0.1) is 16.6 Å². The van der Waals surface area contributed by atoms with Crippen LogP contribution in [0, 0.1) is 5.92 Å². The molecule has 1 aromatic rings. The third-order valence-electron chi connectivity index (χ3n) is 3.86. The molecule has 0 aromatic heterocycles. The Morgan fingerprint density at radius 3 is 2.84 bits per heavy atom. The average Bonchev–Trinajstić information content (AvgIpc) is 2.36. The van der Waals surface area contributed by atoms with Crippen LogP contribution in [-0.2, 0) is 11.3 Å². The SMILES string of the molecule is CC1CCC(C(N)=O)CN1Cc1ccc(Cl)c(N)c1. The molecule has 2 rings (SSSR count). The van der Waals surface area contributed by atoms with Crippen molar-refractivity contribution in [2.75, 3.05) is 12.3 Å². The number of piperidine rings is 1. The molecule has 104 valence electrons. The van der Waals surface area contributed by atoms with Crippen molar-refractivity contribution in [1.29, 1.82) is 0 Å². The Labute approximate surface area is 118 Å². The number of hydrogen-bond acceptors (Lipinski definition) is 3. The molecule has 1 fully saturated rings. The lowest BCUT2D eigenvalue weighted by Gasteiger charge is -2.36. The number of carbonyl (C=O) groups is 1. The smallest absolute Gasteiger partial charge is 0.221 e. The fourth-order valence-electron chi connectivity index (χ4n) is 2.56. The number of primary amides is 1. The molecule has 5 heteroatoms. The number of nitrogens with zero attached hydrogens (tertiary/aromatic N) is 1. The Hall–Kier alpha value is -1.26. The lowest BCUT2D eigenvalue weighted by Crippen LogP contribution is -2.45. The number of likely N-dealkylation sites (tertiary alicyclic amines) is 1. The van der Waals surface area contributed by atoms with E-state index in [0.29, 0.717) is 16.8 Å². The number of nitrogens with two attached hydrogens (primary N) is 2. The summed E-state index contributed by atoms with van der Waals surface area (Å²) >= 11 is 5.92. The van der Waals surface area contributed by atoms with E-state index in [1.165, 1.54) is 0 Å². The van der Waals surface area contributed by atoms with Crippen LogP contribution >= 0.6 is 11.6 Å². The number of carbonyl (C=O) groups excluding carboxylic acids is 1. The minimum Gasteiger partial charge on any atom is -0.398 e. The third kappa shape index (κ3) is 3.39. The first-order chi connectivity index (χ1) is 8.97. The number of rotatable bonds is 3. The molecule has 1 heterocycles. The molecule has 4 N–H and O–H groups in total. The molecule has 0 radical (unpaired) electrons. The zero-order valence-corrected chi connectivity index (χ0v) is 11.9. The van der Waals surface area contributed by atoms with Crippen LogP contribution in [0.2, 0.25) is 5.02 Å². The highest BCUT2D eigenvalue weighted by Gasteiger charge is 2.28. The van der Waals surface area contributed by atoms with Crippen molar-refractivity contribution in [2.45, 2.75) is 32.4 Å². The van der Waals surface area contributed by atoms with Gasteiger partial charge in [-0.2, -0.15) is 0 Å². The first-order valence-corrected chi connectivity index (χ1v) is 6.92. The summed E-state index contributed by atoms with van der Waals surface area (Å²) in [5, 5.41) is 0.574. The van der Waals surface area contributed by atoms with E-state index in [4.69, 9.17) is 23.1 Å². The Morgan fingerprint density at radius 1 is 1.47 bits per heavy atom. The van der Waals surface area contributed by atoms with Crippen LogP contribution in [0.5, 0.6) is 0 Å². The fraction of sp³-hybridized carbons (Fsp3) is 0.500. The van der Waals surface area contributed by atoms with Gasteiger partial charge in [0, 0.05) is 19.1 Å². The molecule has 0 saturated carbocycles. The number of nitrogen functional groups attached to an aromatic ring is 1. The van der Waals surface area contributed by atoms with E-state index in [0.717, 1.165) is 31.5 Å². The standard InChI is InChI=1S/C14H20ClN3O/c1-9-2-4-11(14(17)19)8-18(9)7-10-3-5-12(15)13(16)6-10/h3,5-6,9,11H,2,4,7-8,16H2,1H3,(H2,17,19). The molecule has 4 nitrogen and oxygen atoms in total. The van der Waals surface area contributed by atoms with Gasteiger partial charge in [0.25, 0.3) is 0 Å². The van der Waals surface area contributed by atoms with Crippen molar-refractivity contribution >= 4 is 23.2 Å². The molecule has 1 amide bonds. The highest BCUT2D eigenvalue weighted by molar-refractivity contribution is 6.33. The van der Waals surface area contributed by atoms with E-state index >= 15 is 0 Å². The zero-order chi connectivity index (χ0) is 14.0. The molecule has 0 bridgehead atoms. The van der Waals surface area contributed by atoms with Gasteiger partial charge < -0.3 is 11.5 Å². The maximum absolute atomic E-state index is 11.3. The Morgan fingerprint density at radius 2 is 2.21 bits per heavy atom. The predicted molar refractivity (Wildman–Crippen MR) is 77.7 cm³/mol. The molecular formula is C14H20ClN3O. The van der Waals surface area contributed by atoms with Gasteiger partial charge in [-0.05, 0) is 37.5 Å². The summed E-state index contributed by atoms with van der Waals surface area (Å²) in [7, 11) is 0. The van der Waals surface area contributed by atoms with Crippen LogP contribution in [0.1, 0.15) is 25.3 Å². The maximum Gasteiger partial charge on any atom is 0.221 e. The molecule has 1 saturated heterocycles. The summed E-state index contributed by atoms with van der Waals surface area (Å²) in [5.41, 5.74) is 12.9. The second-order valence-corrected chi connectivity index (χ2v) is 5.72. The van der Waals surface area contributed by atoms with Crippen molar-refractivity contribution in [3.63, 3.8) is 0 Å². The summed E-state index contributed by atoms with van der Waals surface area (Å²) in [6.45, 7) is 3.67. The third-order valence-corrected chi connectivity index (χ3v) is 4.20. The number of halogens is 1. The van der Waals surface area contributed by atoms with Gasteiger partial charge >= 0.3 is 0 Å². The largest absolute Gasteiger partial charge is 0.398 e. The van der Waals surface area contributed by atoms with E-state index in [9.17, 15) is 4.79 Å². The normalized spacial score (nSPS) is 24.3. The minimum atomic E-state index is -0.201. The van der Waals surface area contributed by atoms with Gasteiger partial charge in [-0.25, -0.2) is 0 Å². The molecule has 1 aromatic carbocycles. The zero-order valence-electron chi connectivity index (χ0n) is 11.1. The van der Waals surface area contributed by atoms with E-state index in [2.05, 4.69) is 11.8 Å². The average molecular weight is 282 g/mol. The highest BCUT2D eigenvalue weighted by atomic mass is 35.5. The van der Waals surface area contributed by atoms with E-state index in [1.807, 2.05) is 18.2 Å². The second kappa shape index (κ2) is 5.80. The summed E-state index contributed by atoms with van der Waals surface area (Å²) in [4.78, 5) is 13.6. The topological polar surface area (TPSA) is 72.4 Å². The van der Waals surface area contributed by atoms with Crippen molar-refractivity contribution < 1.29 is 4.79 Å². The Bertz CT molecular complexity index is 478. The van der Waals surface area contributed by atoms with Crippen LogP contribution in [0.3, 0.4) is 0 Å². The summed E-state index contributed by atoms with van der Waals surface area (Å²) < 4.78 is 0. The van der Waals surface area contributed by atoms with Gasteiger partial charge in [-0.3, -0.25) is 9.69 Å². The lowest BCUT2D eigenvalue weighted by molar-refractivity contribution is -0.124. The highest BCUT2D eigenvalue weighted by Crippen LogP contribution is 2.25. The van der Waals surface area contributed by atoms with Crippen molar-refractivity contribution in [1.82, 2.24) is 4.90 Å². The van der Waals surface area contributed by atoms with Crippen LogP contribution in [0.15, 0.2) is 18.2 Å². The number of benzene rings is 1. The fourth-order valence-corrected chi connectivity index (χ4v) is 2.68. The van der Waals surface area contributed by atoms with Crippen molar-refractivity contribution in [2.24, 2.45) is 11.7 Å². The van der Waals surface area contributed by atoms with E-state index < -0.39 is 0 Å². The molecule has 19 heavy (non-hydrogen) atoms. The second-order valence-electron chi connectivity index (χ2n) is 5.31. The maximum atomic E-state index is 11.3. The van der Waals surface area contributed by atoms with Crippen LogP contribution < -0.4 is 11.5 Å².